The summed E-state index contributed by atoms with van der Waals surface area (Å²) < 4.78 is 15.4. The standard InChI is InChI=1S/C22H29Cl2FO4/c1-11-6-13-14-8-16(25)15-7-12(27)4-5-19(15,2)21(14,24)17(23)9-20(13,3)22(11,29)18(28)10-26/h7,11,13-14,16-17,26,29H,4-6,8-10H2,1-3H3/t11-,13+,14+,16+,17+,19+,20+,21+,22+/m1/s1. The fraction of sp³-hybridized carbons (Fsp3) is 0.818. The highest BCUT2D eigenvalue weighted by Crippen LogP contribution is 2.73. The highest BCUT2D eigenvalue weighted by molar-refractivity contribution is 6.33. The van der Waals surface area contributed by atoms with Crippen LogP contribution in [0.5, 0.6) is 0 Å². The van der Waals surface area contributed by atoms with Crippen LogP contribution in [-0.2, 0) is 9.59 Å². The minimum atomic E-state index is -1.72. The lowest BCUT2D eigenvalue weighted by Crippen LogP contribution is -2.69. The number of allylic oxidation sites excluding steroid dienone is 1. The molecule has 4 rings (SSSR count). The number of hydrogen-bond acceptors (Lipinski definition) is 4. The molecule has 0 heterocycles. The third-order valence-corrected chi connectivity index (χ3v) is 10.7. The summed E-state index contributed by atoms with van der Waals surface area (Å²) in [5.74, 6) is -1.64. The van der Waals surface area contributed by atoms with Gasteiger partial charge in [0.1, 0.15) is 18.4 Å². The van der Waals surface area contributed by atoms with Crippen LogP contribution < -0.4 is 0 Å². The van der Waals surface area contributed by atoms with Crippen LogP contribution in [0.15, 0.2) is 11.6 Å². The second-order valence-electron chi connectivity index (χ2n) is 10.2. The summed E-state index contributed by atoms with van der Waals surface area (Å²) in [6.45, 7) is 4.81. The third-order valence-electron chi connectivity index (χ3n) is 9.13. The molecule has 4 nitrogen and oxygen atoms in total. The first-order valence-electron chi connectivity index (χ1n) is 10.5. The van der Waals surface area contributed by atoms with Crippen molar-refractivity contribution in [2.24, 2.45) is 28.6 Å². The summed E-state index contributed by atoms with van der Waals surface area (Å²) in [4.78, 5) is 23.7. The molecule has 0 aliphatic heterocycles. The van der Waals surface area contributed by atoms with E-state index in [-0.39, 0.29) is 24.0 Å². The lowest BCUT2D eigenvalue weighted by atomic mass is 9.45. The number of aliphatic hydroxyl groups is 2. The van der Waals surface area contributed by atoms with E-state index in [1.54, 1.807) is 6.92 Å². The second kappa shape index (κ2) is 6.51. The molecule has 4 aliphatic rings. The van der Waals surface area contributed by atoms with Gasteiger partial charge < -0.3 is 10.2 Å². The van der Waals surface area contributed by atoms with Crippen LogP contribution in [0.4, 0.5) is 4.39 Å². The first-order valence-corrected chi connectivity index (χ1v) is 11.3. The van der Waals surface area contributed by atoms with E-state index in [4.69, 9.17) is 23.2 Å². The molecule has 0 radical (unpaired) electrons. The Balaban J connectivity index is 1.86. The van der Waals surface area contributed by atoms with Crippen LogP contribution in [0.25, 0.3) is 0 Å². The van der Waals surface area contributed by atoms with Gasteiger partial charge in [0.2, 0.25) is 0 Å². The fourth-order valence-corrected chi connectivity index (χ4v) is 8.79. The number of aliphatic hydroxyl groups excluding tert-OH is 1. The first kappa shape index (κ1) is 21.7. The topological polar surface area (TPSA) is 74.6 Å². The zero-order valence-corrected chi connectivity index (χ0v) is 18.6. The molecule has 4 aliphatic carbocycles. The van der Waals surface area contributed by atoms with Crippen molar-refractivity contribution in [1.82, 2.24) is 0 Å². The molecule has 0 spiro atoms. The quantitative estimate of drug-likeness (QED) is 0.635. The van der Waals surface area contributed by atoms with Crippen LogP contribution in [0.2, 0.25) is 0 Å². The number of carbonyl (C=O) groups is 2. The number of ketones is 2. The maximum atomic E-state index is 15.4. The molecule has 0 amide bonds. The van der Waals surface area contributed by atoms with Gasteiger partial charge >= 0.3 is 0 Å². The Kier molecular flexibility index (Phi) is 4.88. The molecule has 3 saturated carbocycles. The average Bonchev–Trinajstić information content (AvgIpc) is 2.86. The second-order valence-corrected chi connectivity index (χ2v) is 11.3. The number of alkyl halides is 3. The average molecular weight is 447 g/mol. The smallest absolute Gasteiger partial charge is 0.190 e. The number of rotatable bonds is 2. The molecule has 0 aromatic carbocycles. The predicted octanol–water partition coefficient (Wildman–Crippen LogP) is 3.58. The first-order chi connectivity index (χ1) is 13.4. The van der Waals surface area contributed by atoms with E-state index < -0.39 is 51.2 Å². The molecule has 0 aromatic heterocycles. The van der Waals surface area contributed by atoms with Crippen molar-refractivity contribution in [3.63, 3.8) is 0 Å². The van der Waals surface area contributed by atoms with E-state index in [9.17, 15) is 19.8 Å². The van der Waals surface area contributed by atoms with E-state index in [0.717, 1.165) is 0 Å². The largest absolute Gasteiger partial charge is 0.388 e. The van der Waals surface area contributed by atoms with E-state index in [0.29, 0.717) is 31.3 Å². The van der Waals surface area contributed by atoms with Gasteiger partial charge in [-0.1, -0.05) is 20.8 Å². The van der Waals surface area contributed by atoms with E-state index in [1.807, 2.05) is 13.8 Å². The van der Waals surface area contributed by atoms with Crippen LogP contribution in [0.3, 0.4) is 0 Å². The van der Waals surface area contributed by atoms with Crippen molar-refractivity contribution in [3.8, 4) is 0 Å². The molecule has 0 unspecified atom stereocenters. The van der Waals surface area contributed by atoms with Gasteiger partial charge in [-0.3, -0.25) is 9.59 Å². The monoisotopic (exact) mass is 446 g/mol. The zero-order valence-electron chi connectivity index (χ0n) is 17.1. The van der Waals surface area contributed by atoms with Gasteiger partial charge in [-0.05, 0) is 55.1 Å². The van der Waals surface area contributed by atoms with Crippen molar-refractivity contribution in [2.75, 3.05) is 6.61 Å². The van der Waals surface area contributed by atoms with Crippen LogP contribution >= 0.6 is 23.2 Å². The maximum Gasteiger partial charge on any atom is 0.190 e. The predicted molar refractivity (Wildman–Crippen MR) is 109 cm³/mol. The van der Waals surface area contributed by atoms with E-state index in [2.05, 4.69) is 0 Å². The Morgan fingerprint density at radius 1 is 1.31 bits per heavy atom. The van der Waals surface area contributed by atoms with Gasteiger partial charge in [-0.15, -0.1) is 23.2 Å². The van der Waals surface area contributed by atoms with Gasteiger partial charge in [0.05, 0.1) is 10.3 Å². The Morgan fingerprint density at radius 3 is 2.59 bits per heavy atom. The third kappa shape index (κ3) is 2.39. The molecule has 29 heavy (non-hydrogen) atoms. The summed E-state index contributed by atoms with van der Waals surface area (Å²) >= 11 is 14.3. The minimum Gasteiger partial charge on any atom is -0.388 e. The lowest BCUT2D eigenvalue weighted by Gasteiger charge is -2.65. The van der Waals surface area contributed by atoms with Crippen LogP contribution in [0, 0.1) is 28.6 Å². The lowest BCUT2D eigenvalue weighted by molar-refractivity contribution is -0.169. The number of Topliss-reactive ketones (excluding diaryl/α,β-unsaturated/α-hetero) is 1. The van der Waals surface area contributed by atoms with E-state index >= 15 is 4.39 Å². The van der Waals surface area contributed by atoms with Crippen molar-refractivity contribution >= 4 is 34.8 Å². The van der Waals surface area contributed by atoms with Crippen molar-refractivity contribution in [2.45, 2.75) is 74.9 Å². The molecule has 3 fully saturated rings. The Bertz CT molecular complexity index is 802. The van der Waals surface area contributed by atoms with Gasteiger partial charge in [0.15, 0.2) is 11.6 Å². The van der Waals surface area contributed by atoms with Crippen LogP contribution in [-0.4, -0.2) is 50.4 Å². The maximum absolute atomic E-state index is 15.4. The number of halogens is 3. The molecule has 7 heteroatoms. The molecule has 0 bridgehead atoms. The number of fused-ring (bicyclic) bond motifs is 5. The van der Waals surface area contributed by atoms with Crippen molar-refractivity contribution < 1.29 is 24.2 Å². The van der Waals surface area contributed by atoms with Crippen molar-refractivity contribution in [3.05, 3.63) is 11.6 Å². The van der Waals surface area contributed by atoms with Crippen LogP contribution in [0.1, 0.15) is 52.9 Å². The molecular weight excluding hydrogens is 418 g/mol. The van der Waals surface area contributed by atoms with Gasteiger partial charge in [0.25, 0.3) is 0 Å². The molecule has 0 saturated heterocycles. The molecular formula is C22H29Cl2FO4. The molecule has 2 N–H and O–H groups in total. The van der Waals surface area contributed by atoms with Gasteiger partial charge in [0, 0.05) is 17.3 Å². The summed E-state index contributed by atoms with van der Waals surface area (Å²) in [7, 11) is 0. The summed E-state index contributed by atoms with van der Waals surface area (Å²) in [5.41, 5.74) is -2.93. The summed E-state index contributed by atoms with van der Waals surface area (Å²) in [6, 6.07) is 0. The minimum absolute atomic E-state index is 0.0805. The Hall–Kier alpha value is -0.490. The van der Waals surface area contributed by atoms with E-state index in [1.165, 1.54) is 6.08 Å². The molecule has 162 valence electrons. The zero-order chi connectivity index (χ0) is 21.6. The SMILES string of the molecule is C[C@@H]1C[C@H]2[C@@H]3C[C@H](F)C4=CC(=O)CC[C@]4(C)[C@@]3(Cl)[C@@H](Cl)C[C@]2(C)[C@@]1(O)C(=O)CO. The number of hydrogen-bond donors (Lipinski definition) is 2. The number of carbonyl (C=O) groups excluding carboxylic acids is 2. The molecule has 9 atom stereocenters. The summed E-state index contributed by atoms with van der Waals surface area (Å²) in [6.07, 6.45) is 1.81. The molecule has 0 aromatic rings. The fourth-order valence-electron chi connectivity index (χ4n) is 7.54. The Morgan fingerprint density at radius 2 is 1.97 bits per heavy atom. The normalized spacial score (nSPS) is 54.3. The Labute approximate surface area is 180 Å². The van der Waals surface area contributed by atoms with Gasteiger partial charge in [-0.2, -0.15) is 0 Å². The van der Waals surface area contributed by atoms with Crippen molar-refractivity contribution in [1.29, 1.82) is 0 Å². The van der Waals surface area contributed by atoms with Gasteiger partial charge in [-0.25, -0.2) is 4.39 Å². The highest BCUT2D eigenvalue weighted by Gasteiger charge is 2.75. The summed E-state index contributed by atoms with van der Waals surface area (Å²) in [5, 5.41) is 20.4. The highest BCUT2D eigenvalue weighted by atomic mass is 35.5.